The van der Waals surface area contributed by atoms with Gasteiger partial charge in [0.05, 0.1) is 69.5 Å². The highest BCUT2D eigenvalue weighted by molar-refractivity contribution is 9.10. The van der Waals surface area contributed by atoms with Gasteiger partial charge in [-0.05, 0) is 76.9 Å². The fraction of sp³-hybridized carbons (Fsp3) is 0.429. The smallest absolute Gasteiger partial charge is 0.410 e. The Hall–Kier alpha value is -6.40. The molecular weight excluding hydrogens is 1290 g/mol. The maximum atomic E-state index is 13.7. The fourth-order valence-electron chi connectivity index (χ4n) is 11.0. The van der Waals surface area contributed by atoms with Crippen molar-refractivity contribution in [1.82, 2.24) is 4.90 Å². The summed E-state index contributed by atoms with van der Waals surface area (Å²) in [6.07, 6.45) is -12.3. The van der Waals surface area contributed by atoms with E-state index >= 15 is 0 Å². The minimum absolute atomic E-state index is 0.00134. The summed E-state index contributed by atoms with van der Waals surface area (Å²) in [4.78, 5) is 55.2. The molecule has 90 heavy (non-hydrogen) atoms. The van der Waals surface area contributed by atoms with Crippen LogP contribution in [0.3, 0.4) is 0 Å². The zero-order valence-corrected chi connectivity index (χ0v) is 54.1. The van der Waals surface area contributed by atoms with Crippen molar-refractivity contribution in [2.24, 2.45) is 5.92 Å². The van der Waals surface area contributed by atoms with Gasteiger partial charge in [0, 0.05) is 62.3 Å². The number of esters is 3. The molecule has 2 aliphatic heterocycles. The molecule has 2 N–H and O–H groups in total. The third-order valence-corrected chi connectivity index (χ3v) is 16.5. The number of halogens is 2. The van der Waals surface area contributed by atoms with Crippen molar-refractivity contribution in [1.29, 1.82) is 0 Å². The van der Waals surface area contributed by atoms with Crippen LogP contribution in [0, 0.1) is 5.92 Å². The number of nitrogens with zero attached hydrogens (tertiary/aromatic N) is 1. The Morgan fingerprint density at radius 3 is 1.51 bits per heavy atom. The maximum absolute atomic E-state index is 13.7. The first kappa shape index (κ1) is 69.5. The lowest BCUT2D eigenvalue weighted by atomic mass is 9.76. The number of rotatable bonds is 33. The number of hydrogen-bond acceptors (Lipinski definition) is 17. The Kier molecular flexibility index (Phi) is 28.3. The zero-order chi connectivity index (χ0) is 63.6. The van der Waals surface area contributed by atoms with Gasteiger partial charge < -0.3 is 67.2 Å². The standard InChI is InChI=1S/C70H81Br2NO17/c1-47(75)81-46-59(83-42-52-23-13-6-14-24-52)38-60-64(84-43-54-27-31-56(71)32-28-54)62(67(87-48(2)76)69(90-60)80-36-18-8-17-35-73(39-50-19-9-4-10-20-50)70(79)86-45-53-25-15-7-16-26-53)66-68(88-49(3)77)63(78)65(85-44-55-29-33-57(72)34-30-55)61(89-66)37-58(40-74)82-41-51-21-11-5-12-22-51/h4-7,9-16,19-34,58-69,74,78H,8,17-18,35-46H2,1-3H3/t58-,59-,60-,61-,62-,63+,64-,65-,66-,67+,68+,69+/m1/s1. The predicted molar refractivity (Wildman–Crippen MR) is 340 cm³/mol. The van der Waals surface area contributed by atoms with Gasteiger partial charge in [0.15, 0.2) is 18.5 Å². The van der Waals surface area contributed by atoms with E-state index in [0.29, 0.717) is 32.4 Å². The average Bonchev–Trinajstić information content (AvgIpc) is 2.14. The molecule has 2 fully saturated rings. The van der Waals surface area contributed by atoms with Crippen LogP contribution in [0.4, 0.5) is 4.79 Å². The summed E-state index contributed by atoms with van der Waals surface area (Å²) in [5, 5.41) is 24.0. The molecule has 0 aromatic heterocycles. The minimum atomic E-state index is -1.62. The monoisotopic (exact) mass is 1370 g/mol. The molecule has 6 aromatic carbocycles. The molecule has 18 nitrogen and oxygen atoms in total. The molecule has 6 aromatic rings. The van der Waals surface area contributed by atoms with Crippen molar-refractivity contribution in [3.05, 3.63) is 212 Å². The number of amides is 1. The molecule has 1 amide bonds. The highest BCUT2D eigenvalue weighted by Crippen LogP contribution is 2.43. The second kappa shape index (κ2) is 36.6. The molecule has 0 bridgehead atoms. The summed E-state index contributed by atoms with van der Waals surface area (Å²) < 4.78 is 73.4. The number of unbranched alkanes of at least 4 members (excludes halogenated alkanes) is 2. The van der Waals surface area contributed by atoms with E-state index in [4.69, 9.17) is 52.1 Å². The van der Waals surface area contributed by atoms with Gasteiger partial charge in [0.25, 0.3) is 0 Å². The Labute approximate surface area is 543 Å². The van der Waals surface area contributed by atoms with Crippen molar-refractivity contribution >= 4 is 55.9 Å². The lowest BCUT2D eigenvalue weighted by molar-refractivity contribution is -0.335. The van der Waals surface area contributed by atoms with Gasteiger partial charge in [-0.2, -0.15) is 0 Å². The second-order valence-corrected chi connectivity index (χ2v) is 24.2. The largest absolute Gasteiger partial charge is 0.463 e. The fourth-order valence-corrected chi connectivity index (χ4v) is 11.6. The first-order chi connectivity index (χ1) is 43.7. The van der Waals surface area contributed by atoms with Gasteiger partial charge in [-0.1, -0.05) is 177 Å². The van der Waals surface area contributed by atoms with E-state index in [-0.39, 0.29) is 59.1 Å². The third kappa shape index (κ3) is 22.2. The van der Waals surface area contributed by atoms with E-state index in [1.165, 1.54) is 20.8 Å². The van der Waals surface area contributed by atoms with E-state index < -0.39 is 104 Å². The molecule has 0 spiro atoms. The van der Waals surface area contributed by atoms with E-state index in [9.17, 15) is 29.4 Å². The van der Waals surface area contributed by atoms with E-state index in [1.807, 2.05) is 170 Å². The summed E-state index contributed by atoms with van der Waals surface area (Å²) in [5.74, 6) is -3.21. The van der Waals surface area contributed by atoms with Gasteiger partial charge in [0.2, 0.25) is 0 Å². The Morgan fingerprint density at radius 2 is 0.978 bits per heavy atom. The predicted octanol–water partition coefficient (Wildman–Crippen LogP) is 11.5. The van der Waals surface area contributed by atoms with Crippen molar-refractivity contribution in [2.45, 2.75) is 160 Å². The van der Waals surface area contributed by atoms with Gasteiger partial charge in [-0.25, -0.2) is 4.79 Å². The first-order valence-electron chi connectivity index (χ1n) is 30.4. The summed E-state index contributed by atoms with van der Waals surface area (Å²) in [5.41, 5.74) is 5.03. The molecule has 0 aliphatic carbocycles. The van der Waals surface area contributed by atoms with Crippen LogP contribution < -0.4 is 0 Å². The number of benzene rings is 6. The van der Waals surface area contributed by atoms with Crippen molar-refractivity contribution in [2.75, 3.05) is 26.4 Å². The molecule has 0 radical (unpaired) electrons. The van der Waals surface area contributed by atoms with Crippen LogP contribution in [-0.4, -0.2) is 133 Å². The maximum Gasteiger partial charge on any atom is 0.410 e. The molecule has 0 saturated carbocycles. The number of aliphatic hydroxyl groups excluding tert-OH is 2. The van der Waals surface area contributed by atoms with Crippen LogP contribution in [0.25, 0.3) is 0 Å². The van der Waals surface area contributed by atoms with Crippen LogP contribution in [-0.2, 0) is 106 Å². The Bertz CT molecular complexity index is 3080. The second-order valence-electron chi connectivity index (χ2n) is 22.4. The van der Waals surface area contributed by atoms with Crippen molar-refractivity contribution in [3.8, 4) is 0 Å². The van der Waals surface area contributed by atoms with Gasteiger partial charge in [-0.3, -0.25) is 14.4 Å². The van der Waals surface area contributed by atoms with Gasteiger partial charge in [-0.15, -0.1) is 0 Å². The zero-order valence-electron chi connectivity index (χ0n) is 50.9. The molecule has 0 unspecified atom stereocenters. The highest BCUT2D eigenvalue weighted by atomic mass is 79.9. The average molecular weight is 1370 g/mol. The topological polar surface area (TPSA) is 214 Å². The van der Waals surface area contributed by atoms with Crippen LogP contribution in [0.15, 0.2) is 179 Å². The molecule has 2 heterocycles. The quantitative estimate of drug-likeness (QED) is 0.0223. The van der Waals surface area contributed by atoms with Crippen LogP contribution in [0.5, 0.6) is 0 Å². The van der Waals surface area contributed by atoms with E-state index in [2.05, 4.69) is 31.9 Å². The molecular formula is C70H81Br2NO17. The lowest BCUT2D eigenvalue weighted by Gasteiger charge is -2.53. The summed E-state index contributed by atoms with van der Waals surface area (Å²) in [7, 11) is 0. The lowest BCUT2D eigenvalue weighted by Crippen LogP contribution is -2.69. The molecule has 2 saturated heterocycles. The summed E-state index contributed by atoms with van der Waals surface area (Å²) in [6.45, 7) is 4.27. The van der Waals surface area contributed by atoms with Crippen LogP contribution in [0.1, 0.15) is 86.3 Å². The summed E-state index contributed by atoms with van der Waals surface area (Å²) in [6, 6.07) is 53.1. The van der Waals surface area contributed by atoms with Crippen molar-refractivity contribution in [3.63, 3.8) is 0 Å². The number of ether oxygens (including phenoxy) is 11. The summed E-state index contributed by atoms with van der Waals surface area (Å²) >= 11 is 7.04. The Morgan fingerprint density at radius 1 is 0.500 bits per heavy atom. The number of aliphatic hydroxyl groups is 2. The van der Waals surface area contributed by atoms with Gasteiger partial charge >= 0.3 is 24.0 Å². The molecule has 12 atom stereocenters. The van der Waals surface area contributed by atoms with Crippen LogP contribution >= 0.6 is 31.9 Å². The molecule has 20 heteroatoms. The number of carbonyl (C=O) groups excluding carboxylic acids is 4. The number of hydrogen-bond donors (Lipinski definition) is 2. The number of carbonyl (C=O) groups is 4. The first-order valence-corrected chi connectivity index (χ1v) is 32.0. The van der Waals surface area contributed by atoms with Crippen LogP contribution in [0.2, 0.25) is 0 Å². The van der Waals surface area contributed by atoms with E-state index in [1.54, 1.807) is 4.90 Å². The SMILES string of the molecule is CC(=O)OC[C@@H](C[C@H]1O[C@H](OCCCCCN(Cc2ccccc2)C(=O)OCc2ccccc2)[C@@H](OC(C)=O)[C@@H]([C@H]2O[C@H](C[C@H](CO)OCc3ccccc3)[C@@H](OCc3ccc(Br)cc3)[C@H](O)[C@@H]2OC(C)=O)[C@@H]1OCc1ccc(Br)cc1)OCc1ccccc1. The van der Waals surface area contributed by atoms with E-state index in [0.717, 1.165) is 42.3 Å². The third-order valence-electron chi connectivity index (χ3n) is 15.5. The molecule has 8 rings (SSSR count). The van der Waals surface area contributed by atoms with Crippen molar-refractivity contribution < 1.29 is 81.5 Å². The van der Waals surface area contributed by atoms with Gasteiger partial charge in [0.1, 0.15) is 31.5 Å². The highest BCUT2D eigenvalue weighted by Gasteiger charge is 2.60. The normalized spacial score (nSPS) is 22.2. The minimum Gasteiger partial charge on any atom is -0.463 e. The Balaban J connectivity index is 1.15. The molecule has 2 aliphatic rings. The molecule has 482 valence electrons.